The predicted molar refractivity (Wildman–Crippen MR) is 106 cm³/mol. The van der Waals surface area contributed by atoms with Crippen LogP contribution in [0, 0.1) is 11.3 Å². The molecule has 0 bridgehead atoms. The van der Waals surface area contributed by atoms with Crippen LogP contribution in [0.1, 0.15) is 50.5 Å². The van der Waals surface area contributed by atoms with Crippen molar-refractivity contribution in [3.63, 3.8) is 0 Å². The number of nitriles is 1. The van der Waals surface area contributed by atoms with Gasteiger partial charge in [-0.2, -0.15) is 10.4 Å². The summed E-state index contributed by atoms with van der Waals surface area (Å²) in [6.45, 7) is 0.799. The molecule has 156 valence electrons. The van der Waals surface area contributed by atoms with Crippen molar-refractivity contribution in [1.29, 1.82) is 5.26 Å². The summed E-state index contributed by atoms with van der Waals surface area (Å²) in [7, 11) is 1.61. The van der Waals surface area contributed by atoms with E-state index >= 15 is 0 Å². The Kier molecular flexibility index (Phi) is 7.03. The number of rotatable bonds is 6. The molecule has 4 rings (SSSR count). The van der Waals surface area contributed by atoms with Gasteiger partial charge < -0.3 is 14.8 Å². The predicted octanol–water partition coefficient (Wildman–Crippen LogP) is -2.36. The van der Waals surface area contributed by atoms with E-state index in [2.05, 4.69) is 10.4 Å². The van der Waals surface area contributed by atoms with Gasteiger partial charge in [0, 0.05) is 32.2 Å². The van der Waals surface area contributed by atoms with Crippen LogP contribution < -0.4 is 34.9 Å². The molecule has 2 heterocycles. The summed E-state index contributed by atoms with van der Waals surface area (Å²) in [6, 6.07) is 8.93. The molecule has 1 atom stereocenters. The maximum Gasteiger partial charge on any atom is 1.00 e. The van der Waals surface area contributed by atoms with Crippen molar-refractivity contribution in [3.05, 3.63) is 52.3 Å². The molecule has 2 amide bonds. The van der Waals surface area contributed by atoms with E-state index in [4.69, 9.17) is 5.26 Å². The third kappa shape index (κ3) is 4.61. The number of nitrogens with zero attached hydrogens (tertiary/aromatic N) is 4. The summed E-state index contributed by atoms with van der Waals surface area (Å²) < 4.78 is 23.5. The molecule has 1 aromatic heterocycles. The van der Waals surface area contributed by atoms with E-state index in [0.29, 0.717) is 42.6 Å². The van der Waals surface area contributed by atoms with E-state index < -0.39 is 15.8 Å². The van der Waals surface area contributed by atoms with Crippen LogP contribution in [0.5, 0.6) is 0 Å². The normalized spacial score (nSPS) is 17.2. The van der Waals surface area contributed by atoms with Crippen molar-refractivity contribution in [3.8, 4) is 6.07 Å². The number of aromatic nitrogens is 2. The largest absolute Gasteiger partial charge is 1.00 e. The fraction of sp³-hybridized carbons (Fsp3) is 0.400. The average Bonchev–Trinajstić information content (AvgIpc) is 3.45. The third-order valence-corrected chi connectivity index (χ3v) is 6.90. The van der Waals surface area contributed by atoms with Gasteiger partial charge >= 0.3 is 29.6 Å². The van der Waals surface area contributed by atoms with Crippen molar-refractivity contribution in [1.82, 2.24) is 20.0 Å². The molecule has 0 saturated heterocycles. The smallest absolute Gasteiger partial charge is 0.772 e. The monoisotopic (exact) mass is 449 g/mol. The number of amides is 2. The average molecular weight is 449 g/mol. The SMILES string of the molecule is Cn1nc(C(=O)NCc2ccc(C#N)cc2)c2c1C(=O)N(CC1(S(=O)[O-])CC1)CC2.[Na+]. The van der Waals surface area contributed by atoms with Crippen LogP contribution in [0.15, 0.2) is 24.3 Å². The molecular formula is C20H20N5NaO4S. The van der Waals surface area contributed by atoms with E-state index in [1.54, 1.807) is 36.2 Å². The summed E-state index contributed by atoms with van der Waals surface area (Å²) in [5.74, 6) is -0.675. The first-order valence-electron chi connectivity index (χ1n) is 9.56. The van der Waals surface area contributed by atoms with Crippen molar-refractivity contribution in [2.24, 2.45) is 7.05 Å². The van der Waals surface area contributed by atoms with Crippen LogP contribution in [0.25, 0.3) is 0 Å². The molecule has 1 aliphatic carbocycles. The third-order valence-electron chi connectivity index (χ3n) is 5.66. The molecule has 1 N–H and O–H groups in total. The molecule has 11 heteroatoms. The number of aryl methyl sites for hydroxylation is 1. The van der Waals surface area contributed by atoms with E-state index in [1.165, 1.54) is 4.68 Å². The van der Waals surface area contributed by atoms with Crippen LogP contribution >= 0.6 is 0 Å². The second-order valence-corrected chi connectivity index (χ2v) is 9.02. The van der Waals surface area contributed by atoms with E-state index in [0.717, 1.165) is 5.56 Å². The fourth-order valence-electron chi connectivity index (χ4n) is 3.73. The van der Waals surface area contributed by atoms with Crippen molar-refractivity contribution >= 4 is 22.9 Å². The van der Waals surface area contributed by atoms with Crippen molar-refractivity contribution < 1.29 is 47.9 Å². The summed E-state index contributed by atoms with van der Waals surface area (Å²) in [5.41, 5.74) is 2.51. The Hall–Kier alpha value is -2.03. The van der Waals surface area contributed by atoms with E-state index in [-0.39, 0.29) is 60.2 Å². The molecule has 0 spiro atoms. The van der Waals surface area contributed by atoms with Gasteiger partial charge in [0.2, 0.25) is 0 Å². The summed E-state index contributed by atoms with van der Waals surface area (Å²) in [5, 5.41) is 15.9. The number of nitrogens with one attached hydrogen (secondary N) is 1. The number of carbonyl (C=O) groups excluding carboxylic acids is 2. The molecule has 31 heavy (non-hydrogen) atoms. The van der Waals surface area contributed by atoms with Gasteiger partial charge in [0.1, 0.15) is 5.69 Å². The Morgan fingerprint density at radius 2 is 2.03 bits per heavy atom. The number of hydrogen-bond acceptors (Lipinski definition) is 6. The van der Waals surface area contributed by atoms with Crippen LogP contribution in [0.4, 0.5) is 0 Å². The topological polar surface area (TPSA) is 131 Å². The first-order chi connectivity index (χ1) is 14.3. The molecular weight excluding hydrogens is 429 g/mol. The fourth-order valence-corrected chi connectivity index (χ4v) is 4.43. The molecule has 1 aliphatic heterocycles. The van der Waals surface area contributed by atoms with Crippen LogP contribution in [0.3, 0.4) is 0 Å². The zero-order valence-electron chi connectivity index (χ0n) is 17.4. The number of hydrogen-bond donors (Lipinski definition) is 1. The van der Waals surface area contributed by atoms with Crippen LogP contribution in [0.2, 0.25) is 0 Å². The minimum atomic E-state index is -2.22. The number of fused-ring (bicyclic) bond motifs is 1. The van der Waals surface area contributed by atoms with Gasteiger partial charge in [-0.15, -0.1) is 0 Å². The maximum absolute atomic E-state index is 12.9. The Morgan fingerprint density at radius 1 is 1.35 bits per heavy atom. The van der Waals surface area contributed by atoms with Crippen LogP contribution in [-0.2, 0) is 31.1 Å². The Labute approximate surface area is 204 Å². The summed E-state index contributed by atoms with van der Waals surface area (Å²) >= 11 is -2.22. The molecule has 1 unspecified atom stereocenters. The maximum atomic E-state index is 12.9. The van der Waals surface area contributed by atoms with Crippen molar-refractivity contribution in [2.45, 2.75) is 30.6 Å². The van der Waals surface area contributed by atoms with Gasteiger partial charge in [0.05, 0.1) is 16.4 Å². The van der Waals surface area contributed by atoms with Gasteiger partial charge in [-0.1, -0.05) is 12.1 Å². The van der Waals surface area contributed by atoms with E-state index in [9.17, 15) is 18.4 Å². The van der Waals surface area contributed by atoms with Crippen molar-refractivity contribution in [2.75, 3.05) is 13.1 Å². The Morgan fingerprint density at radius 3 is 2.61 bits per heavy atom. The first-order valence-corrected chi connectivity index (χ1v) is 10.6. The van der Waals surface area contributed by atoms with Gasteiger partial charge in [-0.25, -0.2) is 0 Å². The molecule has 0 radical (unpaired) electrons. The molecule has 1 aromatic carbocycles. The molecule has 1 fully saturated rings. The first kappa shape index (κ1) is 23.6. The standard InChI is InChI=1S/C20H21N5O4S.Na/c1-24-17-15(6-9-25(19(17)27)12-20(7-8-20)30(28)29)16(23-24)18(26)22-11-14-4-2-13(10-21)3-5-14;/h2-5H,6-9,11-12H2,1H3,(H,22,26)(H,28,29);/q;+1/p-1. The van der Waals surface area contributed by atoms with Gasteiger partial charge in [0.15, 0.2) is 5.69 Å². The zero-order valence-corrected chi connectivity index (χ0v) is 20.2. The van der Waals surface area contributed by atoms with Gasteiger partial charge in [-0.3, -0.25) is 18.5 Å². The Bertz CT molecular complexity index is 1090. The summed E-state index contributed by atoms with van der Waals surface area (Å²) in [4.78, 5) is 27.2. The van der Waals surface area contributed by atoms with Gasteiger partial charge in [-0.05, 0) is 48.0 Å². The minimum Gasteiger partial charge on any atom is -0.772 e. The number of carbonyl (C=O) groups is 2. The van der Waals surface area contributed by atoms with Crippen LogP contribution in [-0.4, -0.2) is 53.1 Å². The number of benzene rings is 1. The Balaban J connectivity index is 0.00000272. The minimum absolute atomic E-state index is 0. The molecule has 9 nitrogen and oxygen atoms in total. The van der Waals surface area contributed by atoms with E-state index in [1.807, 2.05) is 6.07 Å². The quantitative estimate of drug-likeness (QED) is 0.388. The molecule has 1 saturated carbocycles. The second kappa shape index (κ2) is 9.22. The zero-order chi connectivity index (χ0) is 21.5. The summed E-state index contributed by atoms with van der Waals surface area (Å²) in [6.07, 6.45) is 1.57. The molecule has 2 aliphatic rings. The second-order valence-electron chi connectivity index (χ2n) is 7.69. The van der Waals surface area contributed by atoms with Gasteiger partial charge in [0.25, 0.3) is 11.8 Å². The molecule has 2 aromatic rings.